The van der Waals surface area contributed by atoms with E-state index in [0.29, 0.717) is 5.56 Å². The highest BCUT2D eigenvalue weighted by Crippen LogP contribution is 2.24. The van der Waals surface area contributed by atoms with E-state index in [4.69, 9.17) is 10.00 Å². The molecule has 68 valence electrons. The van der Waals surface area contributed by atoms with Crippen LogP contribution in [0.2, 0.25) is 0 Å². The van der Waals surface area contributed by atoms with Gasteiger partial charge in [0.2, 0.25) is 7.98 Å². The molecule has 0 aliphatic carbocycles. The second-order valence-corrected chi connectivity index (χ2v) is 3.15. The number of ether oxygens (including phenoxy) is 1. The highest BCUT2D eigenvalue weighted by Gasteiger charge is 2.05. The van der Waals surface area contributed by atoms with Crippen LogP contribution in [0.15, 0.2) is 24.4 Å². The maximum atomic E-state index is 8.88. The normalized spacial score (nSPS) is 10.0. The van der Waals surface area contributed by atoms with Gasteiger partial charge in [0.1, 0.15) is 11.8 Å². The lowest BCUT2D eigenvalue weighted by atomic mass is 10.2. The average Bonchev–Trinajstić information content (AvgIpc) is 2.55. The Hall–Kier alpha value is -1.89. The van der Waals surface area contributed by atoms with Crippen LogP contribution in [0.1, 0.15) is 5.56 Å². The largest absolute Gasteiger partial charge is 0.497 e. The first-order valence-electron chi connectivity index (χ1n) is 4.29. The maximum absolute atomic E-state index is 8.88. The fourth-order valence-electron chi connectivity index (χ4n) is 1.58. The Bertz CT molecular complexity index is 525. The summed E-state index contributed by atoms with van der Waals surface area (Å²) in [7, 11) is 3.55. The highest BCUT2D eigenvalue weighted by molar-refractivity contribution is 6.12. The van der Waals surface area contributed by atoms with Crippen molar-refractivity contribution in [3.63, 3.8) is 0 Å². The molecule has 3 nitrogen and oxygen atoms in total. The Morgan fingerprint density at radius 3 is 2.93 bits per heavy atom. The lowest BCUT2D eigenvalue weighted by Gasteiger charge is -2.00. The number of hydrogen-bond donors (Lipinski definition) is 0. The predicted molar refractivity (Wildman–Crippen MR) is 57.1 cm³/mol. The van der Waals surface area contributed by atoms with Gasteiger partial charge in [-0.05, 0) is 12.1 Å². The molecule has 0 fully saturated rings. The van der Waals surface area contributed by atoms with Crippen molar-refractivity contribution in [2.24, 2.45) is 0 Å². The molecule has 2 rings (SSSR count). The minimum atomic E-state index is 0.699. The number of rotatable bonds is 1. The van der Waals surface area contributed by atoms with Gasteiger partial charge < -0.3 is 9.21 Å². The smallest absolute Gasteiger partial charge is 0.223 e. The van der Waals surface area contributed by atoms with Gasteiger partial charge in [0.25, 0.3) is 0 Å². The monoisotopic (exact) mass is 184 g/mol. The molecule has 0 unspecified atom stereocenters. The zero-order valence-corrected chi connectivity index (χ0v) is 8.11. The van der Waals surface area contributed by atoms with Crippen LogP contribution in [0.4, 0.5) is 0 Å². The lowest BCUT2D eigenvalue weighted by Crippen LogP contribution is -1.88. The summed E-state index contributed by atoms with van der Waals surface area (Å²) in [6, 6.07) is 7.87. The summed E-state index contributed by atoms with van der Waals surface area (Å²) < 4.78 is 7.05. The fourth-order valence-corrected chi connectivity index (χ4v) is 1.58. The molecule has 2 aromatic rings. The number of hydrogen-bond acceptors (Lipinski definition) is 2. The molecule has 14 heavy (non-hydrogen) atoms. The zero-order chi connectivity index (χ0) is 10.1. The van der Waals surface area contributed by atoms with Gasteiger partial charge in [0.15, 0.2) is 0 Å². The van der Waals surface area contributed by atoms with Crippen LogP contribution in [0.25, 0.3) is 10.9 Å². The number of benzene rings is 1. The minimum Gasteiger partial charge on any atom is -0.497 e. The van der Waals surface area contributed by atoms with E-state index in [2.05, 4.69) is 6.07 Å². The topological polar surface area (TPSA) is 38.0 Å². The summed E-state index contributed by atoms with van der Waals surface area (Å²) in [6.07, 6.45) is 1.82. The number of nitriles is 1. The minimum absolute atomic E-state index is 0.699. The van der Waals surface area contributed by atoms with Crippen LogP contribution in [-0.4, -0.2) is 19.6 Å². The quantitative estimate of drug-likeness (QED) is 0.618. The summed E-state index contributed by atoms with van der Waals surface area (Å²) in [6.45, 7) is 0. The second-order valence-electron chi connectivity index (χ2n) is 3.15. The number of fused-ring (bicyclic) bond motifs is 1. The van der Waals surface area contributed by atoms with Gasteiger partial charge in [0, 0.05) is 23.2 Å². The Labute approximate surface area is 82.9 Å². The van der Waals surface area contributed by atoms with E-state index in [1.807, 2.05) is 36.9 Å². The van der Waals surface area contributed by atoms with Crippen molar-refractivity contribution in [2.75, 3.05) is 7.11 Å². The molecule has 0 atom stereocenters. The van der Waals surface area contributed by atoms with Gasteiger partial charge in [-0.3, -0.25) is 0 Å². The van der Waals surface area contributed by atoms with Gasteiger partial charge in [-0.1, -0.05) is 0 Å². The van der Waals surface area contributed by atoms with Gasteiger partial charge in [-0.15, -0.1) is 0 Å². The van der Waals surface area contributed by atoms with Crippen molar-refractivity contribution >= 4 is 18.9 Å². The first kappa shape index (κ1) is 8.70. The molecular formula is C10H9BN2O. The van der Waals surface area contributed by atoms with Gasteiger partial charge in [-0.25, -0.2) is 0 Å². The standard InChI is InChI=1S/C10H9BN2O/c1-14-8-2-3-9-7(5-12)6-13(11)10(9)4-8/h2-4,6H,11H2,1H3. The molecule has 4 heteroatoms. The zero-order valence-electron chi connectivity index (χ0n) is 8.11. The summed E-state index contributed by atoms with van der Waals surface area (Å²) in [5.74, 6) is 0.809. The second kappa shape index (κ2) is 3.11. The summed E-state index contributed by atoms with van der Waals surface area (Å²) >= 11 is 0. The van der Waals surface area contributed by atoms with E-state index >= 15 is 0 Å². The van der Waals surface area contributed by atoms with Gasteiger partial charge in [-0.2, -0.15) is 5.26 Å². The SMILES string of the molecule is Bn1cc(C#N)c2ccc(OC)cc21. The molecule has 0 spiro atoms. The van der Waals surface area contributed by atoms with E-state index in [1.165, 1.54) is 0 Å². The Morgan fingerprint density at radius 2 is 2.29 bits per heavy atom. The molecule has 1 aromatic carbocycles. The van der Waals surface area contributed by atoms with Gasteiger partial charge in [0.05, 0.1) is 12.7 Å². The van der Waals surface area contributed by atoms with Crippen LogP contribution < -0.4 is 4.74 Å². The fraction of sp³-hybridized carbons (Fsp3) is 0.100. The van der Waals surface area contributed by atoms with Crippen LogP contribution in [-0.2, 0) is 0 Å². The third kappa shape index (κ3) is 1.14. The molecule has 1 aromatic heterocycles. The molecule has 0 N–H and O–H groups in total. The molecule has 0 saturated carbocycles. The molecule has 1 heterocycles. The molecule has 0 saturated heterocycles. The summed E-state index contributed by atoms with van der Waals surface area (Å²) in [4.78, 5) is 0. The Balaban J connectivity index is 2.78. The predicted octanol–water partition coefficient (Wildman–Crippen LogP) is 0.918. The first-order chi connectivity index (χ1) is 6.76. The third-order valence-electron chi connectivity index (χ3n) is 2.32. The molecule has 0 radical (unpaired) electrons. The Kier molecular flexibility index (Phi) is 1.93. The van der Waals surface area contributed by atoms with Crippen molar-refractivity contribution in [1.29, 1.82) is 5.26 Å². The Morgan fingerprint density at radius 1 is 1.50 bits per heavy atom. The molecular weight excluding hydrogens is 175 g/mol. The number of aromatic nitrogens is 1. The van der Waals surface area contributed by atoms with Crippen LogP contribution >= 0.6 is 0 Å². The average molecular weight is 184 g/mol. The van der Waals surface area contributed by atoms with E-state index in [-0.39, 0.29) is 0 Å². The van der Waals surface area contributed by atoms with Crippen molar-refractivity contribution in [1.82, 2.24) is 4.48 Å². The first-order valence-corrected chi connectivity index (χ1v) is 4.29. The lowest BCUT2D eigenvalue weighted by molar-refractivity contribution is 0.415. The van der Waals surface area contributed by atoms with Crippen molar-refractivity contribution in [3.05, 3.63) is 30.0 Å². The van der Waals surface area contributed by atoms with Crippen LogP contribution in [0, 0.1) is 11.3 Å². The maximum Gasteiger partial charge on any atom is 0.223 e. The van der Waals surface area contributed by atoms with Gasteiger partial charge >= 0.3 is 0 Å². The van der Waals surface area contributed by atoms with Crippen molar-refractivity contribution in [3.8, 4) is 11.8 Å². The molecule has 0 amide bonds. The highest BCUT2D eigenvalue weighted by atomic mass is 16.5. The van der Waals surface area contributed by atoms with E-state index in [9.17, 15) is 0 Å². The number of nitrogens with zero attached hydrogens (tertiary/aromatic N) is 2. The van der Waals surface area contributed by atoms with Crippen molar-refractivity contribution < 1.29 is 4.74 Å². The summed E-state index contributed by atoms with van der Waals surface area (Å²) in [5.41, 5.74) is 1.71. The summed E-state index contributed by atoms with van der Waals surface area (Å²) in [5, 5.41) is 9.85. The van der Waals surface area contributed by atoms with E-state index in [0.717, 1.165) is 16.7 Å². The number of methoxy groups -OCH3 is 1. The molecule has 0 aliphatic rings. The van der Waals surface area contributed by atoms with Crippen LogP contribution in [0.3, 0.4) is 0 Å². The van der Waals surface area contributed by atoms with Crippen molar-refractivity contribution in [2.45, 2.75) is 0 Å². The molecule has 0 bridgehead atoms. The molecule has 0 aliphatic heterocycles. The van der Waals surface area contributed by atoms with E-state index < -0.39 is 0 Å². The van der Waals surface area contributed by atoms with Crippen LogP contribution in [0.5, 0.6) is 5.75 Å². The third-order valence-corrected chi connectivity index (χ3v) is 2.32. The van der Waals surface area contributed by atoms with E-state index in [1.54, 1.807) is 7.11 Å².